The molecule has 0 fully saturated rings. The Morgan fingerprint density at radius 3 is 2.27 bits per heavy atom. The molecule has 0 aliphatic carbocycles. The summed E-state index contributed by atoms with van der Waals surface area (Å²) < 4.78 is 13.2. The number of nitrogens with one attached hydrogen (secondary N) is 2. The zero-order valence-corrected chi connectivity index (χ0v) is 15.4. The van der Waals surface area contributed by atoms with Gasteiger partial charge in [0.05, 0.1) is 0 Å². The van der Waals surface area contributed by atoms with Crippen molar-refractivity contribution < 1.29 is 14.0 Å². The number of carbonyl (C=O) groups excluding carboxylic acids is 2. The van der Waals surface area contributed by atoms with Crippen LogP contribution in [0.3, 0.4) is 0 Å². The molecular formula is C21H25FN2O2. The highest BCUT2D eigenvalue weighted by Crippen LogP contribution is 2.13. The zero-order valence-electron chi connectivity index (χ0n) is 15.4. The fourth-order valence-corrected chi connectivity index (χ4v) is 2.47. The molecule has 4 nitrogen and oxygen atoms in total. The first kappa shape index (κ1) is 19.6. The van der Waals surface area contributed by atoms with Gasteiger partial charge in [0.15, 0.2) is 0 Å². The monoisotopic (exact) mass is 356 g/mol. The number of carbonyl (C=O) groups is 2. The maximum atomic E-state index is 13.2. The summed E-state index contributed by atoms with van der Waals surface area (Å²) in [6.07, 6.45) is 0.490. The van der Waals surface area contributed by atoms with Crippen LogP contribution in [0.5, 0.6) is 0 Å². The molecule has 0 bridgehead atoms. The largest absolute Gasteiger partial charge is 0.352 e. The predicted molar refractivity (Wildman–Crippen MR) is 101 cm³/mol. The molecule has 138 valence electrons. The minimum atomic E-state index is -0.292. The number of hydrogen-bond donors (Lipinski definition) is 2. The number of benzene rings is 2. The highest BCUT2D eigenvalue weighted by molar-refractivity contribution is 5.92. The van der Waals surface area contributed by atoms with E-state index in [4.69, 9.17) is 0 Å². The average molecular weight is 356 g/mol. The second-order valence-electron chi connectivity index (χ2n) is 6.79. The Labute approximate surface area is 153 Å². The molecule has 2 amide bonds. The van der Waals surface area contributed by atoms with Crippen LogP contribution in [0.2, 0.25) is 0 Å². The van der Waals surface area contributed by atoms with Crippen LogP contribution in [0, 0.1) is 17.7 Å². The van der Waals surface area contributed by atoms with Gasteiger partial charge in [-0.25, -0.2) is 4.39 Å². The first-order chi connectivity index (χ1) is 12.3. The van der Waals surface area contributed by atoms with E-state index in [1.807, 2.05) is 51.1 Å². The van der Waals surface area contributed by atoms with Crippen molar-refractivity contribution >= 4 is 17.5 Å². The van der Waals surface area contributed by atoms with E-state index in [-0.39, 0.29) is 29.5 Å². The van der Waals surface area contributed by atoms with E-state index in [2.05, 4.69) is 10.6 Å². The van der Waals surface area contributed by atoms with E-state index in [9.17, 15) is 14.0 Å². The quantitative estimate of drug-likeness (QED) is 0.790. The van der Waals surface area contributed by atoms with Gasteiger partial charge in [-0.1, -0.05) is 45.0 Å². The van der Waals surface area contributed by atoms with Crippen molar-refractivity contribution in [2.45, 2.75) is 33.7 Å². The number of amides is 2. The van der Waals surface area contributed by atoms with Crippen LogP contribution in [0.15, 0.2) is 48.5 Å². The van der Waals surface area contributed by atoms with Crippen LogP contribution in [-0.2, 0) is 22.6 Å². The van der Waals surface area contributed by atoms with Gasteiger partial charge < -0.3 is 10.6 Å². The Morgan fingerprint density at radius 1 is 0.962 bits per heavy atom. The van der Waals surface area contributed by atoms with Crippen LogP contribution >= 0.6 is 0 Å². The van der Waals surface area contributed by atoms with Crippen molar-refractivity contribution in [3.63, 3.8) is 0 Å². The summed E-state index contributed by atoms with van der Waals surface area (Å²) in [4.78, 5) is 23.9. The molecule has 5 heteroatoms. The molecule has 0 aliphatic heterocycles. The van der Waals surface area contributed by atoms with Gasteiger partial charge in [-0.15, -0.1) is 0 Å². The molecule has 2 aromatic rings. The minimum absolute atomic E-state index is 0.0303. The lowest BCUT2D eigenvalue weighted by molar-refractivity contribution is -0.124. The number of hydrogen-bond acceptors (Lipinski definition) is 2. The molecule has 2 aromatic carbocycles. The first-order valence-electron chi connectivity index (χ1n) is 8.77. The molecule has 1 unspecified atom stereocenters. The van der Waals surface area contributed by atoms with E-state index >= 15 is 0 Å². The van der Waals surface area contributed by atoms with Crippen LogP contribution in [-0.4, -0.2) is 11.8 Å². The standard InChI is InChI=1S/C21H25FN2O2/c1-14(2)20(25)24-19-9-7-16(8-10-19)13-23-21(26)15(3)11-17-5-4-6-18(22)12-17/h4-10,12,14-15H,11,13H2,1-3H3,(H,23,26)(H,24,25). The highest BCUT2D eigenvalue weighted by atomic mass is 19.1. The maximum absolute atomic E-state index is 13.2. The predicted octanol–water partition coefficient (Wildman–Crippen LogP) is 3.92. The summed E-state index contributed by atoms with van der Waals surface area (Å²) in [7, 11) is 0. The van der Waals surface area contributed by atoms with Gasteiger partial charge in [-0.2, -0.15) is 0 Å². The molecule has 0 saturated heterocycles. The fourth-order valence-electron chi connectivity index (χ4n) is 2.47. The van der Waals surface area contributed by atoms with Crippen molar-refractivity contribution in [2.75, 3.05) is 5.32 Å². The molecular weight excluding hydrogens is 331 g/mol. The van der Waals surface area contributed by atoms with Crippen LogP contribution in [0.1, 0.15) is 31.9 Å². The van der Waals surface area contributed by atoms with E-state index < -0.39 is 0 Å². The second-order valence-corrected chi connectivity index (χ2v) is 6.79. The maximum Gasteiger partial charge on any atom is 0.226 e. The van der Waals surface area contributed by atoms with Gasteiger partial charge >= 0.3 is 0 Å². The van der Waals surface area contributed by atoms with Gasteiger partial charge in [-0.3, -0.25) is 9.59 Å². The molecule has 2 N–H and O–H groups in total. The Balaban J connectivity index is 1.83. The molecule has 0 radical (unpaired) electrons. The van der Waals surface area contributed by atoms with Crippen LogP contribution in [0.4, 0.5) is 10.1 Å². The zero-order chi connectivity index (χ0) is 19.1. The third kappa shape index (κ3) is 5.99. The molecule has 0 aliphatic rings. The van der Waals surface area contributed by atoms with Crippen molar-refractivity contribution in [3.05, 3.63) is 65.5 Å². The van der Waals surface area contributed by atoms with Gasteiger partial charge in [0.1, 0.15) is 5.82 Å². The lowest BCUT2D eigenvalue weighted by atomic mass is 10.0. The molecule has 0 aromatic heterocycles. The summed E-state index contributed by atoms with van der Waals surface area (Å²) in [5.74, 6) is -0.724. The van der Waals surface area contributed by atoms with Gasteiger partial charge in [-0.05, 0) is 41.8 Å². The lowest BCUT2D eigenvalue weighted by Gasteiger charge is -2.13. The Morgan fingerprint density at radius 2 is 1.65 bits per heavy atom. The molecule has 0 spiro atoms. The van der Waals surface area contributed by atoms with Gasteiger partial charge in [0, 0.05) is 24.1 Å². The molecule has 0 saturated carbocycles. The summed E-state index contributed by atoms with van der Waals surface area (Å²) in [6, 6.07) is 13.7. The SMILES string of the molecule is CC(C)C(=O)Nc1ccc(CNC(=O)C(C)Cc2cccc(F)c2)cc1. The van der Waals surface area contributed by atoms with Crippen molar-refractivity contribution in [3.8, 4) is 0 Å². The topological polar surface area (TPSA) is 58.2 Å². The van der Waals surface area contributed by atoms with E-state index in [0.717, 1.165) is 16.8 Å². The van der Waals surface area contributed by atoms with Gasteiger partial charge in [0.2, 0.25) is 11.8 Å². The van der Waals surface area contributed by atoms with E-state index in [1.165, 1.54) is 12.1 Å². The van der Waals surface area contributed by atoms with E-state index in [0.29, 0.717) is 13.0 Å². The first-order valence-corrected chi connectivity index (χ1v) is 8.77. The third-order valence-electron chi connectivity index (χ3n) is 4.09. The minimum Gasteiger partial charge on any atom is -0.352 e. The number of halogens is 1. The summed E-state index contributed by atoms with van der Waals surface area (Å²) in [5, 5.41) is 5.72. The van der Waals surface area contributed by atoms with Crippen molar-refractivity contribution in [2.24, 2.45) is 11.8 Å². The van der Waals surface area contributed by atoms with Crippen LogP contribution in [0.25, 0.3) is 0 Å². The lowest BCUT2D eigenvalue weighted by Crippen LogP contribution is -2.29. The summed E-state index contributed by atoms with van der Waals surface area (Å²) in [5.41, 5.74) is 2.48. The van der Waals surface area contributed by atoms with Gasteiger partial charge in [0.25, 0.3) is 0 Å². The molecule has 1 atom stereocenters. The Hall–Kier alpha value is -2.69. The number of rotatable bonds is 7. The third-order valence-corrected chi connectivity index (χ3v) is 4.09. The highest BCUT2D eigenvalue weighted by Gasteiger charge is 2.13. The normalized spacial score (nSPS) is 11.9. The Bertz CT molecular complexity index is 757. The van der Waals surface area contributed by atoms with Crippen molar-refractivity contribution in [1.29, 1.82) is 0 Å². The van der Waals surface area contributed by atoms with E-state index in [1.54, 1.807) is 6.07 Å². The molecule has 0 heterocycles. The summed E-state index contributed by atoms with van der Waals surface area (Å²) in [6.45, 7) is 5.91. The van der Waals surface area contributed by atoms with Crippen molar-refractivity contribution in [1.82, 2.24) is 5.32 Å². The Kier molecular flexibility index (Phi) is 6.89. The number of anilines is 1. The smallest absolute Gasteiger partial charge is 0.226 e. The molecule has 26 heavy (non-hydrogen) atoms. The van der Waals surface area contributed by atoms with Crippen LogP contribution < -0.4 is 10.6 Å². The fraction of sp³-hybridized carbons (Fsp3) is 0.333. The average Bonchev–Trinajstić information content (AvgIpc) is 2.60. The second kappa shape index (κ2) is 9.13. The molecule has 2 rings (SSSR count). The summed E-state index contributed by atoms with van der Waals surface area (Å²) >= 11 is 0.